The number of nitrogens with one attached hydrogen (secondary N) is 1. The van der Waals surface area contributed by atoms with Gasteiger partial charge in [0.1, 0.15) is 0 Å². The van der Waals surface area contributed by atoms with Crippen molar-refractivity contribution in [1.29, 1.82) is 0 Å². The van der Waals surface area contributed by atoms with Crippen LogP contribution >= 0.6 is 0 Å². The summed E-state index contributed by atoms with van der Waals surface area (Å²) in [6.07, 6.45) is 2.27. The Morgan fingerprint density at radius 2 is 2.33 bits per heavy atom. The zero-order valence-electron chi connectivity index (χ0n) is 7.46. The minimum atomic E-state index is -0.308. The highest BCUT2D eigenvalue weighted by Gasteiger charge is 2.01. The lowest BCUT2D eigenvalue weighted by atomic mass is 10.3. The second kappa shape index (κ2) is 6.82. The molecule has 0 aliphatic carbocycles. The van der Waals surface area contributed by atoms with Gasteiger partial charge >= 0.3 is 0 Å². The molecule has 0 aliphatic rings. The highest BCUT2D eigenvalue weighted by Crippen LogP contribution is 1.90. The van der Waals surface area contributed by atoms with Crippen LogP contribution in [0.4, 0.5) is 0 Å². The van der Waals surface area contributed by atoms with Crippen LogP contribution < -0.4 is 5.48 Å². The second-order valence-electron chi connectivity index (χ2n) is 2.35. The Hall–Kier alpha value is -0.870. The van der Waals surface area contributed by atoms with E-state index >= 15 is 0 Å². The van der Waals surface area contributed by atoms with Crippen molar-refractivity contribution in [3.8, 4) is 0 Å². The molecule has 0 aromatic carbocycles. The molecule has 0 fully saturated rings. The number of amides is 1. The van der Waals surface area contributed by atoms with Gasteiger partial charge in [0, 0.05) is 5.57 Å². The fraction of sp³-hybridized carbons (Fsp3) is 0.625. The lowest BCUT2D eigenvalue weighted by Crippen LogP contribution is -2.24. The summed E-state index contributed by atoms with van der Waals surface area (Å²) in [6.45, 7) is 3.93. The minimum absolute atomic E-state index is 0.132. The molecule has 4 nitrogen and oxygen atoms in total. The number of hydrogen-bond donors (Lipinski definition) is 2. The van der Waals surface area contributed by atoms with Gasteiger partial charge in [0.05, 0.1) is 13.2 Å². The summed E-state index contributed by atoms with van der Waals surface area (Å²) in [4.78, 5) is 15.8. The van der Waals surface area contributed by atoms with Gasteiger partial charge in [0.15, 0.2) is 0 Å². The van der Waals surface area contributed by atoms with E-state index in [1.54, 1.807) is 6.92 Å². The standard InChI is InChI=1S/C8H15NO3/c1-3-6-12-9-8(11)7(2)4-5-10/h4,10H,3,5-6H2,1-2H3,(H,9,11). The first kappa shape index (κ1) is 11.1. The van der Waals surface area contributed by atoms with Gasteiger partial charge in [0.25, 0.3) is 5.91 Å². The number of aliphatic hydroxyl groups is 1. The van der Waals surface area contributed by atoms with E-state index in [1.165, 1.54) is 6.08 Å². The van der Waals surface area contributed by atoms with Gasteiger partial charge in [-0.05, 0) is 13.3 Å². The fourth-order valence-electron chi connectivity index (χ4n) is 0.529. The number of hydrogen-bond acceptors (Lipinski definition) is 3. The lowest BCUT2D eigenvalue weighted by molar-refractivity contribution is -0.129. The average molecular weight is 173 g/mol. The fourth-order valence-corrected chi connectivity index (χ4v) is 0.529. The third kappa shape index (κ3) is 4.87. The summed E-state index contributed by atoms with van der Waals surface area (Å²) in [5, 5.41) is 8.46. The van der Waals surface area contributed by atoms with Crippen molar-refractivity contribution in [2.75, 3.05) is 13.2 Å². The van der Waals surface area contributed by atoms with E-state index in [2.05, 4.69) is 5.48 Å². The Morgan fingerprint density at radius 3 is 2.83 bits per heavy atom. The van der Waals surface area contributed by atoms with E-state index in [0.29, 0.717) is 12.2 Å². The van der Waals surface area contributed by atoms with Crippen LogP contribution in [0.5, 0.6) is 0 Å². The minimum Gasteiger partial charge on any atom is -0.392 e. The predicted molar refractivity (Wildman–Crippen MR) is 45.2 cm³/mol. The molecule has 0 radical (unpaired) electrons. The Bertz CT molecular complexity index is 166. The molecule has 0 aliphatic heterocycles. The van der Waals surface area contributed by atoms with Crippen LogP contribution in [0.2, 0.25) is 0 Å². The molecule has 12 heavy (non-hydrogen) atoms. The van der Waals surface area contributed by atoms with Crippen molar-refractivity contribution in [1.82, 2.24) is 5.48 Å². The molecule has 0 rings (SSSR count). The summed E-state index contributed by atoms with van der Waals surface area (Å²) >= 11 is 0. The maximum Gasteiger partial charge on any atom is 0.270 e. The number of aliphatic hydroxyl groups excluding tert-OH is 1. The quantitative estimate of drug-likeness (QED) is 0.359. The monoisotopic (exact) mass is 173 g/mol. The van der Waals surface area contributed by atoms with E-state index in [9.17, 15) is 4.79 Å². The van der Waals surface area contributed by atoms with Crippen molar-refractivity contribution in [2.45, 2.75) is 20.3 Å². The van der Waals surface area contributed by atoms with E-state index in [1.807, 2.05) is 6.92 Å². The first-order valence-electron chi connectivity index (χ1n) is 3.92. The SMILES string of the molecule is CCCONC(=O)C(C)=CCO. The Balaban J connectivity index is 3.64. The topological polar surface area (TPSA) is 58.6 Å². The van der Waals surface area contributed by atoms with Gasteiger partial charge in [-0.3, -0.25) is 9.63 Å². The normalized spacial score (nSPS) is 11.4. The molecule has 1 amide bonds. The van der Waals surface area contributed by atoms with Crippen molar-refractivity contribution in [3.63, 3.8) is 0 Å². The van der Waals surface area contributed by atoms with Crippen LogP contribution in [0.15, 0.2) is 11.6 Å². The Morgan fingerprint density at radius 1 is 1.67 bits per heavy atom. The van der Waals surface area contributed by atoms with E-state index in [-0.39, 0.29) is 12.5 Å². The first-order valence-corrected chi connectivity index (χ1v) is 3.92. The van der Waals surface area contributed by atoms with Gasteiger partial charge in [-0.15, -0.1) is 0 Å². The molecule has 0 aromatic rings. The molecular formula is C8H15NO3. The zero-order valence-corrected chi connectivity index (χ0v) is 7.46. The molecular weight excluding hydrogens is 158 g/mol. The van der Waals surface area contributed by atoms with Gasteiger partial charge in [-0.25, -0.2) is 5.48 Å². The predicted octanol–water partition coefficient (Wildman–Crippen LogP) is 0.383. The van der Waals surface area contributed by atoms with Crippen molar-refractivity contribution in [2.24, 2.45) is 0 Å². The number of rotatable bonds is 5. The van der Waals surface area contributed by atoms with Crippen molar-refractivity contribution < 1.29 is 14.7 Å². The molecule has 0 saturated heterocycles. The summed E-state index contributed by atoms with van der Waals surface area (Å²) in [5.41, 5.74) is 2.70. The molecule has 0 aromatic heterocycles. The van der Waals surface area contributed by atoms with Crippen LogP contribution in [0, 0.1) is 0 Å². The molecule has 0 heterocycles. The molecule has 0 saturated carbocycles. The van der Waals surface area contributed by atoms with E-state index in [4.69, 9.17) is 9.94 Å². The summed E-state index contributed by atoms with van der Waals surface area (Å²) in [7, 11) is 0. The Labute approximate surface area is 72.2 Å². The summed E-state index contributed by atoms with van der Waals surface area (Å²) in [6, 6.07) is 0. The van der Waals surface area contributed by atoms with Crippen molar-refractivity contribution in [3.05, 3.63) is 11.6 Å². The molecule has 0 unspecified atom stereocenters. The van der Waals surface area contributed by atoms with Crippen molar-refractivity contribution >= 4 is 5.91 Å². The molecule has 2 N–H and O–H groups in total. The van der Waals surface area contributed by atoms with E-state index in [0.717, 1.165) is 6.42 Å². The lowest BCUT2D eigenvalue weighted by Gasteiger charge is -2.03. The van der Waals surface area contributed by atoms with E-state index < -0.39 is 0 Å². The van der Waals surface area contributed by atoms with Gasteiger partial charge in [-0.2, -0.15) is 0 Å². The average Bonchev–Trinajstić information content (AvgIpc) is 2.05. The number of carbonyl (C=O) groups excluding carboxylic acids is 1. The third-order valence-electron chi connectivity index (χ3n) is 1.23. The summed E-state index contributed by atoms with van der Waals surface area (Å²) < 4.78 is 0. The van der Waals surface area contributed by atoms with Crippen LogP contribution in [0.1, 0.15) is 20.3 Å². The maximum absolute atomic E-state index is 11.0. The van der Waals surface area contributed by atoms with Gasteiger partial charge < -0.3 is 5.11 Å². The van der Waals surface area contributed by atoms with Crippen LogP contribution in [-0.2, 0) is 9.63 Å². The smallest absolute Gasteiger partial charge is 0.270 e. The second-order valence-corrected chi connectivity index (χ2v) is 2.35. The molecule has 0 spiro atoms. The van der Waals surface area contributed by atoms with Crippen LogP contribution in [0.25, 0.3) is 0 Å². The zero-order chi connectivity index (χ0) is 9.40. The number of hydroxylamine groups is 1. The van der Waals surface area contributed by atoms with Gasteiger partial charge in [-0.1, -0.05) is 13.0 Å². The largest absolute Gasteiger partial charge is 0.392 e. The molecule has 4 heteroatoms. The number of carbonyl (C=O) groups is 1. The highest BCUT2D eigenvalue weighted by molar-refractivity contribution is 5.91. The van der Waals surface area contributed by atoms with Gasteiger partial charge in [0.2, 0.25) is 0 Å². The third-order valence-corrected chi connectivity index (χ3v) is 1.23. The summed E-state index contributed by atoms with van der Waals surface area (Å²) in [5.74, 6) is -0.308. The molecule has 0 atom stereocenters. The Kier molecular flexibility index (Phi) is 6.32. The van der Waals surface area contributed by atoms with Crippen LogP contribution in [-0.4, -0.2) is 24.2 Å². The maximum atomic E-state index is 11.0. The molecule has 70 valence electrons. The van der Waals surface area contributed by atoms with Crippen LogP contribution in [0.3, 0.4) is 0 Å². The first-order chi connectivity index (χ1) is 5.72. The molecule has 0 bridgehead atoms. The highest BCUT2D eigenvalue weighted by atomic mass is 16.6.